The third-order valence-corrected chi connectivity index (χ3v) is 2.93. The number of carbonyl (C=O) groups is 1. The van der Waals surface area contributed by atoms with Gasteiger partial charge in [-0.15, -0.1) is 0 Å². The van der Waals surface area contributed by atoms with Crippen molar-refractivity contribution >= 4 is 11.7 Å². The third-order valence-electron chi connectivity index (χ3n) is 2.93. The van der Waals surface area contributed by atoms with Gasteiger partial charge >= 0.3 is 0 Å². The van der Waals surface area contributed by atoms with E-state index in [1.807, 2.05) is 17.8 Å². The zero-order chi connectivity index (χ0) is 10.8. The Bertz CT molecular complexity index is 370. The smallest absolute Gasteiger partial charge is 0.226 e. The van der Waals surface area contributed by atoms with Crippen molar-refractivity contribution in [2.75, 3.05) is 5.32 Å². The molecule has 2 heterocycles. The number of amides is 1. The second kappa shape index (κ2) is 4.04. The minimum Gasteiger partial charge on any atom is -0.311 e. The van der Waals surface area contributed by atoms with Gasteiger partial charge < -0.3 is 5.32 Å². The Morgan fingerprint density at radius 1 is 1.60 bits per heavy atom. The molecule has 0 fully saturated rings. The molecule has 1 aliphatic heterocycles. The fourth-order valence-electron chi connectivity index (χ4n) is 2.20. The lowest BCUT2D eigenvalue weighted by molar-refractivity contribution is -0.116. The normalized spacial score (nSPS) is 19.9. The fraction of sp³-hybridized carbons (Fsp3) is 0.636. The predicted octanol–water partition coefficient (Wildman–Crippen LogP) is 2.13. The number of rotatable bonds is 3. The van der Waals surface area contributed by atoms with Crippen molar-refractivity contribution in [2.45, 2.75) is 45.6 Å². The van der Waals surface area contributed by atoms with Crippen LogP contribution in [0.2, 0.25) is 0 Å². The highest BCUT2D eigenvalue weighted by Crippen LogP contribution is 2.34. The maximum Gasteiger partial charge on any atom is 0.226 e. The third kappa shape index (κ3) is 1.76. The van der Waals surface area contributed by atoms with E-state index in [1.165, 1.54) is 5.56 Å². The summed E-state index contributed by atoms with van der Waals surface area (Å²) in [6.07, 6.45) is 4.68. The van der Waals surface area contributed by atoms with Gasteiger partial charge in [-0.05, 0) is 19.3 Å². The number of fused-ring (bicyclic) bond motifs is 1. The summed E-state index contributed by atoms with van der Waals surface area (Å²) in [5.41, 5.74) is 1.21. The van der Waals surface area contributed by atoms with Gasteiger partial charge in [0.25, 0.3) is 0 Å². The van der Waals surface area contributed by atoms with Crippen LogP contribution in [0.15, 0.2) is 6.20 Å². The number of aryl methyl sites for hydroxylation is 1. The highest BCUT2D eigenvalue weighted by molar-refractivity contribution is 5.93. The van der Waals surface area contributed by atoms with Crippen molar-refractivity contribution in [3.63, 3.8) is 0 Å². The molecule has 1 unspecified atom stereocenters. The number of hydrogen-bond donors (Lipinski definition) is 1. The molecule has 1 aromatic rings. The summed E-state index contributed by atoms with van der Waals surface area (Å²) in [5, 5.41) is 7.19. The predicted molar refractivity (Wildman–Crippen MR) is 58.8 cm³/mol. The van der Waals surface area contributed by atoms with Crippen LogP contribution in [0.1, 0.15) is 44.6 Å². The van der Waals surface area contributed by atoms with Crippen LogP contribution in [0.3, 0.4) is 0 Å². The van der Waals surface area contributed by atoms with E-state index in [-0.39, 0.29) is 5.91 Å². The molecule has 1 amide bonds. The van der Waals surface area contributed by atoms with Crippen LogP contribution < -0.4 is 5.32 Å². The maximum absolute atomic E-state index is 11.5. The molecule has 1 N–H and O–H groups in total. The first-order chi connectivity index (χ1) is 7.26. The zero-order valence-corrected chi connectivity index (χ0v) is 9.29. The zero-order valence-electron chi connectivity index (χ0n) is 9.29. The van der Waals surface area contributed by atoms with Crippen LogP contribution in [0, 0.1) is 0 Å². The summed E-state index contributed by atoms with van der Waals surface area (Å²) < 4.78 is 1.86. The average Bonchev–Trinajstić information content (AvgIpc) is 2.61. The van der Waals surface area contributed by atoms with E-state index in [0.29, 0.717) is 12.3 Å². The van der Waals surface area contributed by atoms with E-state index in [2.05, 4.69) is 17.3 Å². The Balaban J connectivity index is 2.34. The fourth-order valence-corrected chi connectivity index (χ4v) is 2.20. The monoisotopic (exact) mass is 207 g/mol. The van der Waals surface area contributed by atoms with Crippen LogP contribution in [-0.4, -0.2) is 15.7 Å². The lowest BCUT2D eigenvalue weighted by Gasteiger charge is -2.22. The summed E-state index contributed by atoms with van der Waals surface area (Å²) in [4.78, 5) is 11.5. The Morgan fingerprint density at radius 2 is 2.40 bits per heavy atom. The molecule has 0 aliphatic carbocycles. The van der Waals surface area contributed by atoms with Crippen molar-refractivity contribution < 1.29 is 4.79 Å². The van der Waals surface area contributed by atoms with E-state index in [9.17, 15) is 4.79 Å². The van der Waals surface area contributed by atoms with Crippen LogP contribution >= 0.6 is 0 Å². The molecule has 0 saturated heterocycles. The first-order valence-corrected chi connectivity index (χ1v) is 5.61. The number of carbonyl (C=O) groups excluding carboxylic acids is 1. The lowest BCUT2D eigenvalue weighted by Crippen LogP contribution is -2.24. The molecule has 2 rings (SSSR count). The number of nitrogens with zero attached hydrogens (tertiary/aromatic N) is 2. The van der Waals surface area contributed by atoms with Crippen LogP contribution in [0.5, 0.6) is 0 Å². The topological polar surface area (TPSA) is 46.9 Å². The minimum absolute atomic E-state index is 0.121. The quantitative estimate of drug-likeness (QED) is 0.825. The number of hydrogen-bond acceptors (Lipinski definition) is 2. The molecule has 0 aromatic carbocycles. The van der Waals surface area contributed by atoms with Gasteiger partial charge in [-0.25, -0.2) is 4.68 Å². The first kappa shape index (κ1) is 10.2. The highest BCUT2D eigenvalue weighted by atomic mass is 16.1. The van der Waals surface area contributed by atoms with Crippen LogP contribution in [-0.2, 0) is 11.3 Å². The Hall–Kier alpha value is -1.32. The standard InChI is InChI=1S/C11H17N3O/c1-3-5-8-6-10(15)13-11-9(8)7-12-14(11)4-2/h7-8H,3-6H2,1-2H3,(H,13,15). The average molecular weight is 207 g/mol. The second-order valence-corrected chi connectivity index (χ2v) is 4.00. The van der Waals surface area contributed by atoms with Crippen molar-refractivity contribution in [1.29, 1.82) is 0 Å². The van der Waals surface area contributed by atoms with Crippen molar-refractivity contribution in [3.8, 4) is 0 Å². The lowest BCUT2D eigenvalue weighted by atomic mass is 9.90. The summed E-state index contributed by atoms with van der Waals surface area (Å²) in [5.74, 6) is 1.39. The largest absolute Gasteiger partial charge is 0.311 e. The Kier molecular flexibility index (Phi) is 2.75. The van der Waals surface area contributed by atoms with E-state index in [0.717, 1.165) is 25.2 Å². The molecular formula is C11H17N3O. The minimum atomic E-state index is 0.121. The Labute approximate surface area is 89.7 Å². The van der Waals surface area contributed by atoms with E-state index in [1.54, 1.807) is 0 Å². The maximum atomic E-state index is 11.5. The van der Waals surface area contributed by atoms with Crippen molar-refractivity contribution in [3.05, 3.63) is 11.8 Å². The van der Waals surface area contributed by atoms with Gasteiger partial charge in [0.1, 0.15) is 5.82 Å². The molecule has 0 bridgehead atoms. The summed E-state index contributed by atoms with van der Waals surface area (Å²) in [6, 6.07) is 0. The SMILES string of the molecule is CCCC1CC(=O)Nc2c1cnn2CC. The van der Waals surface area contributed by atoms with E-state index >= 15 is 0 Å². The summed E-state index contributed by atoms with van der Waals surface area (Å²) in [6.45, 7) is 4.98. The first-order valence-electron chi connectivity index (χ1n) is 5.61. The van der Waals surface area contributed by atoms with Crippen LogP contribution in [0.25, 0.3) is 0 Å². The van der Waals surface area contributed by atoms with Crippen molar-refractivity contribution in [1.82, 2.24) is 9.78 Å². The molecular weight excluding hydrogens is 190 g/mol. The number of nitrogens with one attached hydrogen (secondary N) is 1. The molecule has 4 heteroatoms. The number of anilines is 1. The molecule has 1 aromatic heterocycles. The second-order valence-electron chi connectivity index (χ2n) is 4.00. The molecule has 15 heavy (non-hydrogen) atoms. The van der Waals surface area contributed by atoms with Gasteiger partial charge in [0.05, 0.1) is 6.20 Å². The number of aromatic nitrogens is 2. The van der Waals surface area contributed by atoms with Crippen LogP contribution in [0.4, 0.5) is 5.82 Å². The highest BCUT2D eigenvalue weighted by Gasteiger charge is 2.27. The molecule has 4 nitrogen and oxygen atoms in total. The van der Waals surface area contributed by atoms with Gasteiger partial charge in [0.2, 0.25) is 5.91 Å². The van der Waals surface area contributed by atoms with Gasteiger partial charge in [0, 0.05) is 18.5 Å². The van der Waals surface area contributed by atoms with Gasteiger partial charge in [0.15, 0.2) is 0 Å². The van der Waals surface area contributed by atoms with Crippen molar-refractivity contribution in [2.24, 2.45) is 0 Å². The van der Waals surface area contributed by atoms with E-state index < -0.39 is 0 Å². The molecule has 0 spiro atoms. The summed E-state index contributed by atoms with van der Waals surface area (Å²) >= 11 is 0. The summed E-state index contributed by atoms with van der Waals surface area (Å²) in [7, 11) is 0. The van der Waals surface area contributed by atoms with Gasteiger partial charge in [-0.2, -0.15) is 5.10 Å². The molecule has 0 radical (unpaired) electrons. The van der Waals surface area contributed by atoms with Gasteiger partial charge in [-0.3, -0.25) is 4.79 Å². The molecule has 1 atom stereocenters. The molecule has 1 aliphatic rings. The molecule has 0 saturated carbocycles. The Morgan fingerprint density at radius 3 is 3.07 bits per heavy atom. The van der Waals surface area contributed by atoms with E-state index in [4.69, 9.17) is 0 Å². The molecule has 82 valence electrons. The van der Waals surface area contributed by atoms with Gasteiger partial charge in [-0.1, -0.05) is 13.3 Å².